The molecule has 3 amide bonds. The number of hydrogen-bond donors (Lipinski definition) is 4. The second-order valence-corrected chi connectivity index (χ2v) is 8.35. The van der Waals surface area contributed by atoms with Crippen molar-refractivity contribution in [3.63, 3.8) is 0 Å². The first kappa shape index (κ1) is 24.5. The highest BCUT2D eigenvalue weighted by molar-refractivity contribution is 6.43. The summed E-state index contributed by atoms with van der Waals surface area (Å²) in [6.07, 6.45) is 1.67. The predicted molar refractivity (Wildman–Crippen MR) is 125 cm³/mol. The molecule has 1 aliphatic rings. The molecule has 4 N–H and O–H groups in total. The second kappa shape index (κ2) is 11.6. The Bertz CT molecular complexity index is 942. The Morgan fingerprint density at radius 1 is 0.970 bits per heavy atom. The molecule has 0 spiro atoms. The molecule has 1 heterocycles. The van der Waals surface area contributed by atoms with Crippen molar-refractivity contribution >= 4 is 24.8 Å². The monoisotopic (exact) mass is 451 g/mol. The summed E-state index contributed by atoms with van der Waals surface area (Å²) in [6, 6.07) is 17.1. The van der Waals surface area contributed by atoms with E-state index < -0.39 is 31.1 Å². The summed E-state index contributed by atoms with van der Waals surface area (Å²) in [4.78, 5) is 39.6. The maximum absolute atomic E-state index is 13.3. The first-order valence-corrected chi connectivity index (χ1v) is 11.2. The standard InChI is InChI=1S/C24H30BN3O5/c1-17(29)26-20(15-18-9-4-2-5-10-18)24(31)28-14-8-13-21(28)23(30)27-22(25(32)33)16-19-11-6-3-7-12-19/h2-7,9-12,20-22,32-33H,8,13-16H2,1H3,(H,26,29)(H,27,30). The average molecular weight is 451 g/mol. The number of hydrogen-bond acceptors (Lipinski definition) is 5. The van der Waals surface area contributed by atoms with Crippen molar-refractivity contribution in [2.75, 3.05) is 6.54 Å². The van der Waals surface area contributed by atoms with Gasteiger partial charge in [0.2, 0.25) is 17.7 Å². The molecule has 0 saturated carbocycles. The van der Waals surface area contributed by atoms with Crippen LogP contribution in [0.1, 0.15) is 30.9 Å². The van der Waals surface area contributed by atoms with Crippen molar-refractivity contribution < 1.29 is 24.4 Å². The number of nitrogens with one attached hydrogen (secondary N) is 2. The lowest BCUT2D eigenvalue weighted by molar-refractivity contribution is -0.141. The smallest absolute Gasteiger partial charge is 0.426 e. The Balaban J connectivity index is 1.70. The molecule has 1 saturated heterocycles. The van der Waals surface area contributed by atoms with Gasteiger partial charge in [0.1, 0.15) is 12.1 Å². The third-order valence-corrected chi connectivity index (χ3v) is 5.78. The molecule has 2 aromatic rings. The highest BCUT2D eigenvalue weighted by Gasteiger charge is 2.39. The van der Waals surface area contributed by atoms with E-state index in [1.807, 2.05) is 60.7 Å². The molecule has 0 radical (unpaired) electrons. The number of carbonyl (C=O) groups is 3. The van der Waals surface area contributed by atoms with Gasteiger partial charge in [-0.2, -0.15) is 0 Å². The molecule has 1 aliphatic heterocycles. The van der Waals surface area contributed by atoms with Crippen LogP contribution in [0, 0.1) is 0 Å². The maximum Gasteiger partial charge on any atom is 0.475 e. The fourth-order valence-electron chi connectivity index (χ4n) is 4.18. The molecule has 3 unspecified atom stereocenters. The Labute approximate surface area is 194 Å². The fourth-order valence-corrected chi connectivity index (χ4v) is 4.18. The molecule has 174 valence electrons. The summed E-state index contributed by atoms with van der Waals surface area (Å²) in [5, 5.41) is 25.0. The molecule has 1 fully saturated rings. The summed E-state index contributed by atoms with van der Waals surface area (Å²) >= 11 is 0. The summed E-state index contributed by atoms with van der Waals surface area (Å²) in [7, 11) is -1.75. The van der Waals surface area contributed by atoms with Crippen LogP contribution >= 0.6 is 0 Å². The number of likely N-dealkylation sites (tertiary alicyclic amines) is 1. The summed E-state index contributed by atoms with van der Waals surface area (Å²) in [5.41, 5.74) is 1.75. The normalized spacial score (nSPS) is 17.2. The summed E-state index contributed by atoms with van der Waals surface area (Å²) < 4.78 is 0. The van der Waals surface area contributed by atoms with Gasteiger partial charge in [-0.1, -0.05) is 60.7 Å². The van der Waals surface area contributed by atoms with Crippen LogP contribution in [-0.4, -0.2) is 64.4 Å². The molecule has 9 heteroatoms. The van der Waals surface area contributed by atoms with Gasteiger partial charge in [0.15, 0.2) is 0 Å². The Kier molecular flexibility index (Phi) is 8.62. The number of amides is 3. The molecule has 3 atom stereocenters. The molecular formula is C24H30BN3O5. The third-order valence-electron chi connectivity index (χ3n) is 5.78. The van der Waals surface area contributed by atoms with Crippen molar-refractivity contribution in [2.24, 2.45) is 0 Å². The van der Waals surface area contributed by atoms with Gasteiger partial charge < -0.3 is 25.6 Å². The number of carbonyl (C=O) groups excluding carboxylic acids is 3. The molecule has 0 aromatic heterocycles. The van der Waals surface area contributed by atoms with Crippen LogP contribution in [0.5, 0.6) is 0 Å². The van der Waals surface area contributed by atoms with E-state index in [-0.39, 0.29) is 18.2 Å². The number of benzene rings is 2. The highest BCUT2D eigenvalue weighted by atomic mass is 16.4. The molecule has 3 rings (SSSR count). The third kappa shape index (κ3) is 6.91. The molecule has 2 aromatic carbocycles. The summed E-state index contributed by atoms with van der Waals surface area (Å²) in [6.45, 7) is 1.75. The van der Waals surface area contributed by atoms with E-state index in [0.717, 1.165) is 11.1 Å². The van der Waals surface area contributed by atoms with E-state index in [4.69, 9.17) is 0 Å². The number of rotatable bonds is 9. The maximum atomic E-state index is 13.3. The van der Waals surface area contributed by atoms with Gasteiger partial charge in [0, 0.05) is 19.9 Å². The van der Waals surface area contributed by atoms with Gasteiger partial charge in [0.05, 0.1) is 5.94 Å². The lowest BCUT2D eigenvalue weighted by atomic mass is 9.75. The van der Waals surface area contributed by atoms with Crippen LogP contribution in [0.2, 0.25) is 0 Å². The van der Waals surface area contributed by atoms with E-state index in [2.05, 4.69) is 10.6 Å². The van der Waals surface area contributed by atoms with Crippen LogP contribution < -0.4 is 10.6 Å². The highest BCUT2D eigenvalue weighted by Crippen LogP contribution is 2.20. The minimum atomic E-state index is -1.75. The van der Waals surface area contributed by atoms with Gasteiger partial charge in [-0.15, -0.1) is 0 Å². The second-order valence-electron chi connectivity index (χ2n) is 8.35. The van der Waals surface area contributed by atoms with E-state index in [0.29, 0.717) is 25.8 Å². The van der Waals surface area contributed by atoms with E-state index in [9.17, 15) is 24.4 Å². The van der Waals surface area contributed by atoms with Crippen LogP contribution in [0.3, 0.4) is 0 Å². The van der Waals surface area contributed by atoms with Gasteiger partial charge >= 0.3 is 7.12 Å². The van der Waals surface area contributed by atoms with Crippen molar-refractivity contribution in [2.45, 2.75) is 50.6 Å². The molecule has 33 heavy (non-hydrogen) atoms. The zero-order valence-electron chi connectivity index (χ0n) is 18.7. The van der Waals surface area contributed by atoms with E-state index in [1.165, 1.54) is 11.8 Å². The van der Waals surface area contributed by atoms with Crippen LogP contribution in [-0.2, 0) is 27.2 Å². The Morgan fingerprint density at radius 2 is 1.55 bits per heavy atom. The van der Waals surface area contributed by atoms with Gasteiger partial charge in [-0.3, -0.25) is 14.4 Å². The predicted octanol–water partition coefficient (Wildman–Crippen LogP) is 0.464. The van der Waals surface area contributed by atoms with Crippen molar-refractivity contribution in [3.05, 3.63) is 71.8 Å². The zero-order valence-corrected chi connectivity index (χ0v) is 18.7. The largest absolute Gasteiger partial charge is 0.475 e. The van der Waals surface area contributed by atoms with Gasteiger partial charge in [0.25, 0.3) is 0 Å². The molecular weight excluding hydrogens is 421 g/mol. The first-order chi connectivity index (χ1) is 15.8. The molecule has 8 nitrogen and oxygen atoms in total. The Hall–Kier alpha value is -3.17. The zero-order chi connectivity index (χ0) is 23.8. The van der Waals surface area contributed by atoms with Crippen LogP contribution in [0.15, 0.2) is 60.7 Å². The van der Waals surface area contributed by atoms with Crippen LogP contribution in [0.25, 0.3) is 0 Å². The summed E-state index contributed by atoms with van der Waals surface area (Å²) in [5.74, 6) is -1.99. The minimum Gasteiger partial charge on any atom is -0.426 e. The fraction of sp³-hybridized carbons (Fsp3) is 0.375. The van der Waals surface area contributed by atoms with Crippen molar-refractivity contribution in [1.82, 2.24) is 15.5 Å². The topological polar surface area (TPSA) is 119 Å². The molecule has 0 aliphatic carbocycles. The van der Waals surface area contributed by atoms with Gasteiger partial charge in [-0.05, 0) is 30.4 Å². The lowest BCUT2D eigenvalue weighted by Crippen LogP contribution is -2.57. The minimum absolute atomic E-state index is 0.243. The Morgan fingerprint density at radius 3 is 2.09 bits per heavy atom. The van der Waals surface area contributed by atoms with E-state index in [1.54, 1.807) is 0 Å². The van der Waals surface area contributed by atoms with Crippen LogP contribution in [0.4, 0.5) is 0 Å². The van der Waals surface area contributed by atoms with Crippen molar-refractivity contribution in [3.8, 4) is 0 Å². The molecule has 0 bridgehead atoms. The number of nitrogens with zero attached hydrogens (tertiary/aromatic N) is 1. The van der Waals surface area contributed by atoms with E-state index >= 15 is 0 Å². The first-order valence-electron chi connectivity index (χ1n) is 11.2. The quantitative estimate of drug-likeness (QED) is 0.414. The SMILES string of the molecule is CC(=O)NC(Cc1ccccc1)C(=O)N1CCCC1C(=O)NC(Cc1ccccc1)B(O)O. The average Bonchev–Trinajstić information content (AvgIpc) is 3.29. The van der Waals surface area contributed by atoms with Gasteiger partial charge in [-0.25, -0.2) is 0 Å². The lowest BCUT2D eigenvalue weighted by Gasteiger charge is -2.30. The van der Waals surface area contributed by atoms with Crippen molar-refractivity contribution in [1.29, 1.82) is 0 Å².